The average molecular weight is 334 g/mol. The number of esters is 1. The minimum Gasteiger partial charge on any atom is -0.463 e. The number of rotatable bonds is 8. The zero-order chi connectivity index (χ0) is 17.4. The van der Waals surface area contributed by atoms with Crippen LogP contribution in [-0.4, -0.2) is 37.2 Å². The second-order valence-corrected chi connectivity index (χ2v) is 6.09. The highest BCUT2D eigenvalue weighted by molar-refractivity contribution is 5.81. The van der Waals surface area contributed by atoms with E-state index in [1.807, 2.05) is 44.2 Å². The van der Waals surface area contributed by atoms with Gasteiger partial charge in [0.05, 0.1) is 25.9 Å². The standard InChI is InChI=1S/C19H26O5/c1-4-21-18(20)12-8-11-16(17-14-23-19(2,3)24-17)22-13-15-9-6-5-7-10-15/h5-10,12,16-17H,4,11,13-14H2,1-3H3/b12-8+/t16-,17+/m0/s1. The topological polar surface area (TPSA) is 54.0 Å². The number of hydrogen-bond acceptors (Lipinski definition) is 5. The monoisotopic (exact) mass is 334 g/mol. The van der Waals surface area contributed by atoms with Crippen molar-refractivity contribution in [2.24, 2.45) is 0 Å². The highest BCUT2D eigenvalue weighted by atomic mass is 16.7. The molecule has 0 radical (unpaired) electrons. The molecule has 2 atom stereocenters. The molecule has 0 aliphatic carbocycles. The molecule has 1 fully saturated rings. The van der Waals surface area contributed by atoms with Crippen LogP contribution in [0.5, 0.6) is 0 Å². The quantitative estimate of drug-likeness (QED) is 0.540. The average Bonchev–Trinajstić information content (AvgIpc) is 2.92. The number of ether oxygens (including phenoxy) is 4. The third kappa shape index (κ3) is 6.07. The normalized spacial score (nSPS) is 21.0. The van der Waals surface area contributed by atoms with Crippen LogP contribution >= 0.6 is 0 Å². The van der Waals surface area contributed by atoms with Gasteiger partial charge in [0, 0.05) is 6.08 Å². The molecule has 0 aromatic heterocycles. The lowest BCUT2D eigenvalue weighted by Gasteiger charge is -2.23. The molecule has 1 saturated heterocycles. The second-order valence-electron chi connectivity index (χ2n) is 6.09. The zero-order valence-electron chi connectivity index (χ0n) is 14.6. The largest absolute Gasteiger partial charge is 0.463 e. The highest BCUT2D eigenvalue weighted by Crippen LogP contribution is 2.27. The molecular weight excluding hydrogens is 308 g/mol. The third-order valence-corrected chi connectivity index (χ3v) is 3.66. The first-order chi connectivity index (χ1) is 11.5. The predicted molar refractivity (Wildman–Crippen MR) is 90.3 cm³/mol. The number of carbonyl (C=O) groups is 1. The van der Waals surface area contributed by atoms with Gasteiger partial charge in [0.25, 0.3) is 0 Å². The van der Waals surface area contributed by atoms with Crippen molar-refractivity contribution in [3.8, 4) is 0 Å². The van der Waals surface area contributed by atoms with Crippen molar-refractivity contribution in [3.05, 3.63) is 48.0 Å². The lowest BCUT2D eigenvalue weighted by Crippen LogP contribution is -2.32. The summed E-state index contributed by atoms with van der Waals surface area (Å²) in [6.45, 7) is 6.87. The van der Waals surface area contributed by atoms with E-state index in [1.165, 1.54) is 6.08 Å². The molecule has 5 heteroatoms. The van der Waals surface area contributed by atoms with Crippen molar-refractivity contribution in [3.63, 3.8) is 0 Å². The van der Waals surface area contributed by atoms with Crippen molar-refractivity contribution in [2.45, 2.75) is 51.8 Å². The van der Waals surface area contributed by atoms with Gasteiger partial charge in [-0.3, -0.25) is 0 Å². The van der Waals surface area contributed by atoms with Crippen LogP contribution in [0, 0.1) is 0 Å². The van der Waals surface area contributed by atoms with E-state index < -0.39 is 5.79 Å². The van der Waals surface area contributed by atoms with Crippen molar-refractivity contribution in [1.82, 2.24) is 0 Å². The predicted octanol–water partition coefficient (Wildman–Crippen LogP) is 3.23. The van der Waals surface area contributed by atoms with Crippen molar-refractivity contribution >= 4 is 5.97 Å². The summed E-state index contributed by atoms with van der Waals surface area (Å²) in [6, 6.07) is 9.96. The Morgan fingerprint density at radius 1 is 1.38 bits per heavy atom. The Kier molecular flexibility index (Phi) is 6.97. The lowest BCUT2D eigenvalue weighted by atomic mass is 10.1. The summed E-state index contributed by atoms with van der Waals surface area (Å²) in [5, 5.41) is 0. The zero-order valence-corrected chi connectivity index (χ0v) is 14.6. The summed E-state index contributed by atoms with van der Waals surface area (Å²) in [5.41, 5.74) is 1.09. The molecule has 0 bridgehead atoms. The fraction of sp³-hybridized carbons (Fsp3) is 0.526. The number of carbonyl (C=O) groups excluding carboxylic acids is 1. The van der Waals surface area contributed by atoms with Crippen LogP contribution in [0.4, 0.5) is 0 Å². The molecule has 1 aromatic carbocycles. The smallest absolute Gasteiger partial charge is 0.330 e. The SMILES string of the molecule is CCOC(=O)/C=C/C[C@H](OCc1ccccc1)[C@H]1COC(C)(C)O1. The maximum Gasteiger partial charge on any atom is 0.330 e. The maximum atomic E-state index is 11.4. The molecule has 1 aliphatic heterocycles. The van der Waals surface area contributed by atoms with E-state index in [0.717, 1.165) is 5.56 Å². The van der Waals surface area contributed by atoms with Crippen molar-refractivity contribution < 1.29 is 23.7 Å². The Balaban J connectivity index is 1.94. The molecule has 0 unspecified atom stereocenters. The minimum absolute atomic E-state index is 0.171. The Labute approximate surface area is 143 Å². The maximum absolute atomic E-state index is 11.4. The van der Waals surface area contributed by atoms with Crippen LogP contribution in [0.15, 0.2) is 42.5 Å². The molecule has 2 rings (SSSR count). The van der Waals surface area contributed by atoms with Gasteiger partial charge >= 0.3 is 5.97 Å². The number of hydrogen-bond donors (Lipinski definition) is 0. The molecule has 1 aromatic rings. The van der Waals surface area contributed by atoms with Gasteiger partial charge < -0.3 is 18.9 Å². The Morgan fingerprint density at radius 2 is 2.12 bits per heavy atom. The molecule has 0 spiro atoms. The van der Waals surface area contributed by atoms with Crippen LogP contribution < -0.4 is 0 Å². The van der Waals surface area contributed by atoms with E-state index in [2.05, 4.69) is 0 Å². The van der Waals surface area contributed by atoms with E-state index in [0.29, 0.717) is 26.2 Å². The Hall–Kier alpha value is -1.69. The Bertz CT molecular complexity index is 538. The summed E-state index contributed by atoms with van der Waals surface area (Å²) >= 11 is 0. The van der Waals surface area contributed by atoms with Crippen molar-refractivity contribution in [1.29, 1.82) is 0 Å². The van der Waals surface area contributed by atoms with E-state index in [1.54, 1.807) is 13.0 Å². The van der Waals surface area contributed by atoms with E-state index in [9.17, 15) is 4.79 Å². The van der Waals surface area contributed by atoms with Gasteiger partial charge in [-0.2, -0.15) is 0 Å². The van der Waals surface area contributed by atoms with Crippen LogP contribution in [-0.2, 0) is 30.3 Å². The number of benzene rings is 1. The van der Waals surface area contributed by atoms with Gasteiger partial charge in [0.1, 0.15) is 6.10 Å². The highest BCUT2D eigenvalue weighted by Gasteiger charge is 2.37. The summed E-state index contributed by atoms with van der Waals surface area (Å²) < 4.78 is 22.5. The van der Waals surface area contributed by atoms with Crippen LogP contribution in [0.2, 0.25) is 0 Å². The van der Waals surface area contributed by atoms with Crippen LogP contribution in [0.1, 0.15) is 32.8 Å². The first kappa shape index (κ1) is 18.6. The summed E-state index contributed by atoms with van der Waals surface area (Å²) in [5.74, 6) is -0.951. The van der Waals surface area contributed by atoms with Gasteiger partial charge in [-0.15, -0.1) is 0 Å². The van der Waals surface area contributed by atoms with Crippen LogP contribution in [0.3, 0.4) is 0 Å². The first-order valence-corrected chi connectivity index (χ1v) is 8.31. The molecule has 1 heterocycles. The molecule has 24 heavy (non-hydrogen) atoms. The molecule has 0 amide bonds. The van der Waals surface area contributed by atoms with E-state index >= 15 is 0 Å². The molecule has 0 saturated carbocycles. The second kappa shape index (κ2) is 8.97. The third-order valence-electron chi connectivity index (χ3n) is 3.66. The minimum atomic E-state index is -0.607. The van der Waals surface area contributed by atoms with Gasteiger partial charge in [-0.05, 0) is 32.8 Å². The van der Waals surface area contributed by atoms with Gasteiger partial charge in [0.15, 0.2) is 5.79 Å². The molecule has 132 valence electrons. The summed E-state index contributed by atoms with van der Waals surface area (Å²) in [6.07, 6.45) is 3.38. The summed E-state index contributed by atoms with van der Waals surface area (Å²) in [4.78, 5) is 11.4. The Morgan fingerprint density at radius 3 is 2.75 bits per heavy atom. The van der Waals surface area contributed by atoms with Gasteiger partial charge in [-0.25, -0.2) is 4.79 Å². The fourth-order valence-corrected chi connectivity index (χ4v) is 2.49. The molecule has 5 nitrogen and oxygen atoms in total. The van der Waals surface area contributed by atoms with E-state index in [4.69, 9.17) is 18.9 Å². The lowest BCUT2D eigenvalue weighted by molar-refractivity contribution is -0.157. The summed E-state index contributed by atoms with van der Waals surface area (Å²) in [7, 11) is 0. The fourth-order valence-electron chi connectivity index (χ4n) is 2.49. The van der Waals surface area contributed by atoms with Crippen molar-refractivity contribution in [2.75, 3.05) is 13.2 Å². The molecule has 1 aliphatic rings. The van der Waals surface area contributed by atoms with Crippen LogP contribution in [0.25, 0.3) is 0 Å². The van der Waals surface area contributed by atoms with Gasteiger partial charge in [0.2, 0.25) is 0 Å². The first-order valence-electron chi connectivity index (χ1n) is 8.31. The molecule has 0 N–H and O–H groups in total. The van der Waals surface area contributed by atoms with Gasteiger partial charge in [-0.1, -0.05) is 36.4 Å². The molecular formula is C19H26O5. The van der Waals surface area contributed by atoms with E-state index in [-0.39, 0.29) is 18.2 Å².